The molecule has 0 atom stereocenters. The van der Waals surface area contributed by atoms with E-state index in [-0.39, 0.29) is 0 Å². The fourth-order valence-corrected chi connectivity index (χ4v) is 3.11. The first-order chi connectivity index (χ1) is 5.38. The molecule has 0 amide bonds. The second kappa shape index (κ2) is 3.23. The van der Waals surface area contributed by atoms with Crippen LogP contribution in [0, 0.1) is 0 Å². The second-order valence-electron chi connectivity index (χ2n) is 2.80. The monoisotopic (exact) mass is 186 g/mol. The highest BCUT2D eigenvalue weighted by atomic mass is 32.3. The standard InChI is InChI=1S/C8H10OS2/c9-7-4-2-1-3-6(7)8-10-5-11-8/h1-5H2. The summed E-state index contributed by atoms with van der Waals surface area (Å²) in [5.74, 6) is 0.408. The van der Waals surface area contributed by atoms with Crippen LogP contribution in [0.25, 0.3) is 0 Å². The van der Waals surface area contributed by atoms with Gasteiger partial charge in [0.15, 0.2) is 5.78 Å². The maximum atomic E-state index is 11.3. The summed E-state index contributed by atoms with van der Waals surface area (Å²) in [6.45, 7) is 0. The van der Waals surface area contributed by atoms with Crippen LogP contribution in [0.15, 0.2) is 9.81 Å². The maximum absolute atomic E-state index is 11.3. The minimum Gasteiger partial charge on any atom is -0.294 e. The number of thioether (sulfide) groups is 2. The van der Waals surface area contributed by atoms with E-state index >= 15 is 0 Å². The van der Waals surface area contributed by atoms with Crippen molar-refractivity contribution in [2.45, 2.75) is 25.7 Å². The molecule has 1 aliphatic heterocycles. The Morgan fingerprint density at radius 3 is 2.36 bits per heavy atom. The molecule has 0 spiro atoms. The third-order valence-corrected chi connectivity index (χ3v) is 4.71. The summed E-state index contributed by atoms with van der Waals surface area (Å²) in [7, 11) is 0. The molecule has 2 rings (SSSR count). The van der Waals surface area contributed by atoms with Gasteiger partial charge in [0.2, 0.25) is 0 Å². The van der Waals surface area contributed by atoms with Crippen molar-refractivity contribution in [2.24, 2.45) is 0 Å². The maximum Gasteiger partial charge on any atom is 0.160 e. The first kappa shape index (κ1) is 7.74. The van der Waals surface area contributed by atoms with Gasteiger partial charge in [0.05, 0.1) is 0 Å². The Morgan fingerprint density at radius 1 is 1.09 bits per heavy atom. The van der Waals surface area contributed by atoms with Gasteiger partial charge in [-0.2, -0.15) is 0 Å². The summed E-state index contributed by atoms with van der Waals surface area (Å²) in [5, 5.41) is 1.14. The molecule has 2 fully saturated rings. The van der Waals surface area contributed by atoms with Gasteiger partial charge in [0.1, 0.15) is 0 Å². The van der Waals surface area contributed by atoms with E-state index in [0.29, 0.717) is 5.78 Å². The molecule has 3 heteroatoms. The van der Waals surface area contributed by atoms with E-state index in [1.165, 1.54) is 10.7 Å². The number of carbonyl (C=O) groups is 1. The van der Waals surface area contributed by atoms with E-state index in [0.717, 1.165) is 29.9 Å². The summed E-state index contributed by atoms with van der Waals surface area (Å²) in [6, 6.07) is 0. The summed E-state index contributed by atoms with van der Waals surface area (Å²) in [5.41, 5.74) is 1.14. The number of ketones is 1. The first-order valence-corrected chi connectivity index (χ1v) is 5.87. The molecular formula is C8H10OS2. The van der Waals surface area contributed by atoms with Crippen LogP contribution in [0.1, 0.15) is 25.7 Å². The number of hydrogen-bond acceptors (Lipinski definition) is 3. The van der Waals surface area contributed by atoms with Crippen molar-refractivity contribution in [1.82, 2.24) is 0 Å². The molecule has 0 aromatic rings. The Balaban J connectivity index is 2.15. The lowest BCUT2D eigenvalue weighted by molar-refractivity contribution is -0.116. The minimum atomic E-state index is 0.408. The van der Waals surface area contributed by atoms with Gasteiger partial charge >= 0.3 is 0 Å². The van der Waals surface area contributed by atoms with E-state index in [4.69, 9.17) is 0 Å². The number of allylic oxidation sites excluding steroid dienone is 1. The lowest BCUT2D eigenvalue weighted by Gasteiger charge is -2.22. The van der Waals surface area contributed by atoms with Crippen LogP contribution in [0.3, 0.4) is 0 Å². The van der Waals surface area contributed by atoms with Crippen LogP contribution in [0.5, 0.6) is 0 Å². The Bertz CT molecular complexity index is 214. The largest absolute Gasteiger partial charge is 0.294 e. The number of rotatable bonds is 0. The van der Waals surface area contributed by atoms with E-state index in [1.807, 2.05) is 23.5 Å². The summed E-state index contributed by atoms with van der Waals surface area (Å²) < 4.78 is 1.31. The molecule has 0 bridgehead atoms. The lowest BCUT2D eigenvalue weighted by Crippen LogP contribution is -2.11. The fourth-order valence-electron chi connectivity index (χ4n) is 1.39. The predicted octanol–water partition coefficient (Wildman–Crippen LogP) is 2.78. The van der Waals surface area contributed by atoms with Crippen molar-refractivity contribution in [1.29, 1.82) is 0 Å². The first-order valence-electron chi connectivity index (χ1n) is 3.90. The van der Waals surface area contributed by atoms with Crippen molar-refractivity contribution in [3.8, 4) is 0 Å². The van der Waals surface area contributed by atoms with Crippen LogP contribution in [0.2, 0.25) is 0 Å². The van der Waals surface area contributed by atoms with Gasteiger partial charge in [0, 0.05) is 21.3 Å². The van der Waals surface area contributed by atoms with Gasteiger partial charge in [-0.3, -0.25) is 4.79 Å². The zero-order valence-corrected chi connectivity index (χ0v) is 7.89. The minimum absolute atomic E-state index is 0.408. The summed E-state index contributed by atoms with van der Waals surface area (Å²) >= 11 is 3.67. The Kier molecular flexibility index (Phi) is 2.28. The zero-order chi connectivity index (χ0) is 7.68. The molecule has 1 heterocycles. The van der Waals surface area contributed by atoms with E-state index in [2.05, 4.69) is 0 Å². The molecule has 60 valence electrons. The SMILES string of the molecule is O=C1CCCCC1=C1SCS1. The Labute approximate surface area is 75.0 Å². The third-order valence-electron chi connectivity index (χ3n) is 2.04. The highest BCUT2D eigenvalue weighted by Gasteiger charge is 2.23. The lowest BCUT2D eigenvalue weighted by atomic mass is 9.95. The molecule has 0 unspecified atom stereocenters. The molecule has 2 aliphatic rings. The normalized spacial score (nSPS) is 25.3. The molecule has 1 aliphatic carbocycles. The quantitative estimate of drug-likeness (QED) is 0.541. The van der Waals surface area contributed by atoms with Gasteiger partial charge < -0.3 is 0 Å². The molecule has 0 aromatic heterocycles. The zero-order valence-electron chi connectivity index (χ0n) is 6.26. The van der Waals surface area contributed by atoms with Gasteiger partial charge in [-0.1, -0.05) is 0 Å². The van der Waals surface area contributed by atoms with Crippen molar-refractivity contribution < 1.29 is 4.79 Å². The summed E-state index contributed by atoms with van der Waals surface area (Å²) in [6.07, 6.45) is 4.14. The van der Waals surface area contributed by atoms with Crippen LogP contribution in [-0.4, -0.2) is 10.9 Å². The average Bonchev–Trinajstić information content (AvgIpc) is 1.90. The molecule has 11 heavy (non-hydrogen) atoms. The highest BCUT2D eigenvalue weighted by Crippen LogP contribution is 2.47. The smallest absolute Gasteiger partial charge is 0.160 e. The molecule has 0 aromatic carbocycles. The molecule has 0 N–H and O–H groups in total. The number of hydrogen-bond donors (Lipinski definition) is 0. The highest BCUT2D eigenvalue weighted by molar-refractivity contribution is 8.37. The van der Waals surface area contributed by atoms with Gasteiger partial charge in [0.25, 0.3) is 0 Å². The predicted molar refractivity (Wildman–Crippen MR) is 50.6 cm³/mol. The van der Waals surface area contributed by atoms with Crippen LogP contribution >= 0.6 is 23.5 Å². The molecule has 1 nitrogen and oxygen atoms in total. The van der Waals surface area contributed by atoms with E-state index in [9.17, 15) is 4.79 Å². The Hall–Kier alpha value is 0.110. The Morgan fingerprint density at radius 2 is 1.82 bits per heavy atom. The van der Waals surface area contributed by atoms with Crippen LogP contribution < -0.4 is 0 Å². The van der Waals surface area contributed by atoms with Crippen LogP contribution in [0.4, 0.5) is 0 Å². The van der Waals surface area contributed by atoms with Crippen molar-refractivity contribution in [3.63, 3.8) is 0 Å². The number of carbonyl (C=O) groups excluding carboxylic acids is 1. The van der Waals surface area contributed by atoms with Gasteiger partial charge in [-0.05, 0) is 19.3 Å². The van der Waals surface area contributed by atoms with Gasteiger partial charge in [-0.15, -0.1) is 23.5 Å². The number of Topliss-reactive ketones (excluding diaryl/α,β-unsaturated/α-hetero) is 1. The van der Waals surface area contributed by atoms with E-state index < -0.39 is 0 Å². The third kappa shape index (κ3) is 1.49. The average molecular weight is 186 g/mol. The van der Waals surface area contributed by atoms with Gasteiger partial charge in [-0.25, -0.2) is 0 Å². The molecule has 0 radical (unpaired) electrons. The summed E-state index contributed by atoms with van der Waals surface area (Å²) in [4.78, 5) is 11.3. The molecular weight excluding hydrogens is 176 g/mol. The van der Waals surface area contributed by atoms with Crippen molar-refractivity contribution in [3.05, 3.63) is 9.81 Å². The van der Waals surface area contributed by atoms with Crippen molar-refractivity contribution >= 4 is 29.3 Å². The molecule has 1 saturated carbocycles. The van der Waals surface area contributed by atoms with Crippen LogP contribution in [-0.2, 0) is 4.79 Å². The van der Waals surface area contributed by atoms with E-state index in [1.54, 1.807) is 0 Å². The second-order valence-corrected chi connectivity index (χ2v) is 5.40. The topological polar surface area (TPSA) is 17.1 Å². The van der Waals surface area contributed by atoms with Crippen molar-refractivity contribution in [2.75, 3.05) is 5.08 Å². The molecule has 1 saturated heterocycles. The fraction of sp³-hybridized carbons (Fsp3) is 0.625.